The molecule has 80 valence electrons. The summed E-state index contributed by atoms with van der Waals surface area (Å²) in [6.45, 7) is 2.00. The highest BCUT2D eigenvalue weighted by molar-refractivity contribution is 9.10. The molecule has 1 aromatic rings. The first-order chi connectivity index (χ1) is 7.11. The van der Waals surface area contributed by atoms with Crippen LogP contribution in [-0.2, 0) is 10.4 Å². The number of hydroxylamine groups is 1. The van der Waals surface area contributed by atoms with Crippen LogP contribution in [0.4, 0.5) is 4.39 Å². The molecular formula is C11H11BrFNO. The monoisotopic (exact) mass is 271 g/mol. The maximum Gasteiger partial charge on any atom is 0.128 e. The highest BCUT2D eigenvalue weighted by Crippen LogP contribution is 2.52. The fourth-order valence-electron chi connectivity index (χ4n) is 2.33. The predicted octanol–water partition coefficient (Wildman–Crippen LogP) is 2.73. The molecular weight excluding hydrogens is 261 g/mol. The molecule has 1 saturated carbocycles. The number of fused-ring (bicyclic) bond motifs is 1. The summed E-state index contributed by atoms with van der Waals surface area (Å²) in [7, 11) is 0. The van der Waals surface area contributed by atoms with Gasteiger partial charge in [-0.1, -0.05) is 15.9 Å². The largest absolute Gasteiger partial charge is 0.297 e. The van der Waals surface area contributed by atoms with Crippen LogP contribution in [0.15, 0.2) is 22.7 Å². The van der Waals surface area contributed by atoms with Crippen molar-refractivity contribution in [3.05, 3.63) is 34.1 Å². The van der Waals surface area contributed by atoms with E-state index in [1.165, 1.54) is 6.07 Å². The molecule has 0 bridgehead atoms. The van der Waals surface area contributed by atoms with Crippen LogP contribution in [0.25, 0.3) is 0 Å². The first-order valence-corrected chi connectivity index (χ1v) is 5.79. The van der Waals surface area contributed by atoms with Gasteiger partial charge in [0.25, 0.3) is 0 Å². The predicted molar refractivity (Wildman–Crippen MR) is 57.6 cm³/mol. The number of halogens is 2. The lowest BCUT2D eigenvalue weighted by Crippen LogP contribution is -2.37. The van der Waals surface area contributed by atoms with Gasteiger partial charge in [-0.3, -0.25) is 4.84 Å². The van der Waals surface area contributed by atoms with Crippen molar-refractivity contribution < 1.29 is 9.23 Å². The van der Waals surface area contributed by atoms with E-state index in [-0.39, 0.29) is 17.5 Å². The molecule has 0 radical (unpaired) electrons. The second-order valence-corrected chi connectivity index (χ2v) is 5.34. The van der Waals surface area contributed by atoms with E-state index in [9.17, 15) is 4.39 Å². The van der Waals surface area contributed by atoms with Crippen molar-refractivity contribution in [1.82, 2.24) is 5.48 Å². The van der Waals surface area contributed by atoms with E-state index in [1.807, 2.05) is 13.0 Å². The molecule has 1 saturated heterocycles. The molecule has 3 rings (SSSR count). The summed E-state index contributed by atoms with van der Waals surface area (Å²) >= 11 is 3.37. The van der Waals surface area contributed by atoms with Crippen molar-refractivity contribution >= 4 is 15.9 Å². The van der Waals surface area contributed by atoms with Crippen LogP contribution < -0.4 is 5.48 Å². The minimum atomic E-state index is -0.376. The zero-order valence-electron chi connectivity index (χ0n) is 8.26. The number of hydrogen-bond acceptors (Lipinski definition) is 2. The fraction of sp³-hybridized carbons (Fsp3) is 0.455. The normalized spacial score (nSPS) is 37.8. The summed E-state index contributed by atoms with van der Waals surface area (Å²) in [5.74, 6) is 0.227. The molecule has 2 aliphatic rings. The second kappa shape index (κ2) is 3.03. The van der Waals surface area contributed by atoms with Gasteiger partial charge >= 0.3 is 0 Å². The topological polar surface area (TPSA) is 21.3 Å². The third-order valence-corrected chi connectivity index (χ3v) is 3.88. The van der Waals surface area contributed by atoms with E-state index in [0.29, 0.717) is 11.5 Å². The molecule has 1 aromatic carbocycles. The summed E-state index contributed by atoms with van der Waals surface area (Å²) in [6.07, 6.45) is 1.29. The molecule has 1 N–H and O–H groups in total. The zero-order valence-corrected chi connectivity index (χ0v) is 9.84. The highest BCUT2D eigenvalue weighted by Gasteiger charge is 2.59. The van der Waals surface area contributed by atoms with Crippen LogP contribution in [0.1, 0.15) is 18.9 Å². The molecule has 1 aliphatic carbocycles. The third-order valence-electron chi connectivity index (χ3n) is 3.38. The first-order valence-electron chi connectivity index (χ1n) is 4.99. The van der Waals surface area contributed by atoms with Crippen LogP contribution in [0, 0.1) is 11.7 Å². The Balaban J connectivity index is 2.08. The average Bonchev–Trinajstić information content (AvgIpc) is 2.92. The van der Waals surface area contributed by atoms with Gasteiger partial charge in [0, 0.05) is 16.0 Å². The lowest BCUT2D eigenvalue weighted by Gasteiger charge is -2.26. The van der Waals surface area contributed by atoms with Crippen LogP contribution >= 0.6 is 15.9 Å². The van der Waals surface area contributed by atoms with Crippen molar-refractivity contribution in [3.8, 4) is 0 Å². The minimum absolute atomic E-state index is 0.177. The Morgan fingerprint density at radius 3 is 3.00 bits per heavy atom. The summed E-state index contributed by atoms with van der Waals surface area (Å²) in [5.41, 5.74) is 3.26. The maximum atomic E-state index is 13.7. The molecule has 1 aliphatic heterocycles. The van der Waals surface area contributed by atoms with E-state index in [1.54, 1.807) is 6.07 Å². The molecule has 2 fully saturated rings. The Labute approximate surface area is 95.9 Å². The highest BCUT2D eigenvalue weighted by atomic mass is 79.9. The quantitative estimate of drug-likeness (QED) is 0.848. The van der Waals surface area contributed by atoms with Crippen molar-refractivity contribution in [2.75, 3.05) is 0 Å². The zero-order chi connectivity index (χ0) is 10.6. The molecule has 0 spiro atoms. The van der Waals surface area contributed by atoms with Gasteiger partial charge < -0.3 is 0 Å². The molecule has 3 unspecified atom stereocenters. The van der Waals surface area contributed by atoms with Crippen LogP contribution in [0.5, 0.6) is 0 Å². The molecule has 2 nitrogen and oxygen atoms in total. The van der Waals surface area contributed by atoms with Gasteiger partial charge in [-0.15, -0.1) is 0 Å². The lowest BCUT2D eigenvalue weighted by molar-refractivity contribution is 0.0212. The summed E-state index contributed by atoms with van der Waals surface area (Å²) in [5, 5.41) is 0. The Hall–Kier alpha value is -0.450. The first kappa shape index (κ1) is 9.75. The van der Waals surface area contributed by atoms with Gasteiger partial charge in [-0.05, 0) is 31.5 Å². The van der Waals surface area contributed by atoms with Gasteiger partial charge in [-0.25, -0.2) is 4.39 Å². The van der Waals surface area contributed by atoms with E-state index in [2.05, 4.69) is 21.4 Å². The molecule has 4 heteroatoms. The summed E-state index contributed by atoms with van der Waals surface area (Å²) < 4.78 is 14.6. The number of rotatable bonds is 1. The number of benzene rings is 1. The minimum Gasteiger partial charge on any atom is -0.297 e. The second-order valence-electron chi connectivity index (χ2n) is 4.43. The Bertz CT molecular complexity index is 425. The standard InChI is InChI=1S/C11H11BrFNO/c1-11(8-5-10(8)15-14-11)7-4-6(12)2-3-9(7)13/h2-4,8,10,14H,5H2,1H3. The van der Waals surface area contributed by atoms with E-state index < -0.39 is 0 Å². The third kappa shape index (κ3) is 1.35. The van der Waals surface area contributed by atoms with Crippen molar-refractivity contribution in [3.63, 3.8) is 0 Å². The summed E-state index contributed by atoms with van der Waals surface area (Å²) in [4.78, 5) is 5.36. The number of nitrogens with one attached hydrogen (secondary N) is 1. The van der Waals surface area contributed by atoms with Gasteiger partial charge in [0.15, 0.2) is 0 Å². The van der Waals surface area contributed by atoms with Crippen molar-refractivity contribution in [2.24, 2.45) is 5.92 Å². The van der Waals surface area contributed by atoms with E-state index in [0.717, 1.165) is 10.9 Å². The summed E-state index contributed by atoms with van der Waals surface area (Å²) in [6, 6.07) is 5.02. The van der Waals surface area contributed by atoms with Crippen molar-refractivity contribution in [2.45, 2.75) is 25.0 Å². The Morgan fingerprint density at radius 1 is 1.60 bits per heavy atom. The average molecular weight is 272 g/mol. The van der Waals surface area contributed by atoms with Gasteiger partial charge in [0.2, 0.25) is 0 Å². The van der Waals surface area contributed by atoms with Crippen LogP contribution in [0.2, 0.25) is 0 Å². The SMILES string of the molecule is CC1(c2cc(Br)ccc2F)NOC2CC21. The fourth-order valence-corrected chi connectivity index (χ4v) is 2.69. The maximum absolute atomic E-state index is 13.7. The van der Waals surface area contributed by atoms with Crippen LogP contribution in [0.3, 0.4) is 0 Å². The van der Waals surface area contributed by atoms with E-state index in [4.69, 9.17) is 4.84 Å². The molecule has 15 heavy (non-hydrogen) atoms. The molecule has 0 amide bonds. The Morgan fingerprint density at radius 2 is 2.40 bits per heavy atom. The van der Waals surface area contributed by atoms with Crippen molar-refractivity contribution in [1.29, 1.82) is 0 Å². The van der Waals surface area contributed by atoms with Crippen LogP contribution in [-0.4, -0.2) is 6.10 Å². The van der Waals surface area contributed by atoms with Gasteiger partial charge in [0.05, 0.1) is 11.6 Å². The van der Waals surface area contributed by atoms with Gasteiger partial charge in [0.1, 0.15) is 5.82 Å². The van der Waals surface area contributed by atoms with E-state index >= 15 is 0 Å². The lowest BCUT2D eigenvalue weighted by atomic mass is 9.88. The molecule has 0 aromatic heterocycles. The smallest absolute Gasteiger partial charge is 0.128 e. The number of hydrogen-bond donors (Lipinski definition) is 1. The van der Waals surface area contributed by atoms with Gasteiger partial charge in [-0.2, -0.15) is 5.48 Å². The molecule has 1 heterocycles. The Kier molecular flexibility index (Phi) is 1.97. The molecule has 3 atom stereocenters.